The van der Waals surface area contributed by atoms with E-state index in [2.05, 4.69) is 0 Å². The second-order valence-corrected chi connectivity index (χ2v) is 7.35. The molecule has 0 saturated carbocycles. The van der Waals surface area contributed by atoms with Crippen LogP contribution in [0.2, 0.25) is 0 Å². The van der Waals surface area contributed by atoms with E-state index in [4.69, 9.17) is 5.11 Å². The molecule has 0 bridgehead atoms. The minimum Gasteiger partial charge on any atom is -0.481 e. The minimum absolute atomic E-state index is 0.0330. The highest BCUT2D eigenvalue weighted by Gasteiger charge is 2.26. The van der Waals surface area contributed by atoms with E-state index >= 15 is 0 Å². The van der Waals surface area contributed by atoms with Gasteiger partial charge in [-0.2, -0.15) is 0 Å². The van der Waals surface area contributed by atoms with Crippen LogP contribution in [0.5, 0.6) is 0 Å². The van der Waals surface area contributed by atoms with Crippen LogP contribution in [0.25, 0.3) is 0 Å². The number of fused-ring (bicyclic) bond motifs is 1. The number of hydrogen-bond acceptors (Lipinski definition) is 3. The lowest BCUT2D eigenvalue weighted by molar-refractivity contribution is -0.141. The van der Waals surface area contributed by atoms with Crippen molar-refractivity contribution in [2.45, 2.75) is 31.1 Å². The molecule has 0 amide bonds. The monoisotopic (exact) mass is 297 g/mol. The smallest absolute Gasteiger partial charge is 0.307 e. The molecular weight excluding hydrogens is 278 g/mol. The first-order valence-electron chi connectivity index (χ1n) is 6.63. The van der Waals surface area contributed by atoms with Crippen LogP contribution in [-0.2, 0) is 27.7 Å². The molecule has 1 unspecified atom stereocenters. The Morgan fingerprint density at radius 3 is 2.65 bits per heavy atom. The number of carboxylic acid groups (broad SMARTS) is 1. The maximum Gasteiger partial charge on any atom is 0.307 e. The Balaban J connectivity index is 2.24. The van der Waals surface area contributed by atoms with Crippen molar-refractivity contribution in [1.82, 2.24) is 4.31 Å². The van der Waals surface area contributed by atoms with E-state index in [9.17, 15) is 13.2 Å². The fraction of sp³-hybridized carbons (Fsp3) is 0.500. The number of hydrogen-bond donors (Lipinski definition) is 1. The molecule has 1 aromatic carbocycles. The van der Waals surface area contributed by atoms with Crippen LogP contribution in [-0.4, -0.2) is 37.4 Å². The van der Waals surface area contributed by atoms with Gasteiger partial charge in [-0.15, -0.1) is 0 Å². The molecule has 1 aromatic rings. The van der Waals surface area contributed by atoms with Crippen molar-refractivity contribution in [2.75, 3.05) is 13.6 Å². The molecule has 20 heavy (non-hydrogen) atoms. The van der Waals surface area contributed by atoms with Crippen molar-refractivity contribution < 1.29 is 18.3 Å². The average Bonchev–Trinajstić information content (AvgIpc) is 2.85. The number of carboxylic acids is 1. The Hall–Kier alpha value is -1.40. The molecule has 0 aliphatic heterocycles. The molecule has 0 radical (unpaired) electrons. The molecule has 6 heteroatoms. The largest absolute Gasteiger partial charge is 0.481 e. The van der Waals surface area contributed by atoms with E-state index in [-0.39, 0.29) is 11.4 Å². The third kappa shape index (κ3) is 2.86. The number of carbonyl (C=O) groups is 1. The van der Waals surface area contributed by atoms with Gasteiger partial charge in [0.05, 0.1) is 10.8 Å². The van der Waals surface area contributed by atoms with Gasteiger partial charge in [-0.05, 0) is 42.5 Å². The Bertz CT molecular complexity index is 624. The maximum atomic E-state index is 12.4. The number of rotatable bonds is 5. The predicted octanol–water partition coefficient (Wildman–Crippen LogP) is 1.52. The van der Waals surface area contributed by atoms with Gasteiger partial charge in [-0.3, -0.25) is 4.79 Å². The number of aliphatic carboxylic acids is 1. The van der Waals surface area contributed by atoms with Crippen LogP contribution in [0.3, 0.4) is 0 Å². The summed E-state index contributed by atoms with van der Waals surface area (Å²) < 4.78 is 26.0. The molecular formula is C14H19NO4S. The fourth-order valence-corrected chi connectivity index (χ4v) is 3.76. The summed E-state index contributed by atoms with van der Waals surface area (Å²) >= 11 is 0. The number of benzene rings is 1. The molecule has 1 aliphatic rings. The van der Waals surface area contributed by atoms with E-state index in [1.165, 1.54) is 19.5 Å². The first kappa shape index (κ1) is 15.0. The Labute approximate surface area is 119 Å². The van der Waals surface area contributed by atoms with E-state index in [1.54, 1.807) is 12.1 Å². The third-order valence-electron chi connectivity index (χ3n) is 3.73. The van der Waals surface area contributed by atoms with Crippen LogP contribution < -0.4 is 0 Å². The van der Waals surface area contributed by atoms with Crippen molar-refractivity contribution in [2.24, 2.45) is 5.92 Å². The highest BCUT2D eigenvalue weighted by Crippen LogP contribution is 2.26. The van der Waals surface area contributed by atoms with E-state index in [1.807, 2.05) is 6.07 Å². The predicted molar refractivity (Wildman–Crippen MR) is 75.1 cm³/mol. The number of aryl methyl sites for hydroxylation is 2. The van der Waals surface area contributed by atoms with Gasteiger partial charge in [0.25, 0.3) is 0 Å². The summed E-state index contributed by atoms with van der Waals surface area (Å²) in [5, 5.41) is 8.87. The second kappa shape index (κ2) is 5.54. The quantitative estimate of drug-likeness (QED) is 0.894. The zero-order valence-electron chi connectivity index (χ0n) is 11.7. The van der Waals surface area contributed by atoms with Gasteiger partial charge in [0, 0.05) is 13.6 Å². The van der Waals surface area contributed by atoms with Gasteiger partial charge in [0.2, 0.25) is 10.0 Å². The topological polar surface area (TPSA) is 74.7 Å². The van der Waals surface area contributed by atoms with E-state index < -0.39 is 21.9 Å². The number of sulfonamides is 1. The highest BCUT2D eigenvalue weighted by atomic mass is 32.2. The normalized spacial score (nSPS) is 16.1. The van der Waals surface area contributed by atoms with E-state index in [0.29, 0.717) is 0 Å². The summed E-state index contributed by atoms with van der Waals surface area (Å²) in [5.74, 6) is -1.73. The van der Waals surface area contributed by atoms with Crippen molar-refractivity contribution in [3.05, 3.63) is 29.3 Å². The van der Waals surface area contributed by atoms with E-state index in [0.717, 1.165) is 29.1 Å². The summed E-state index contributed by atoms with van der Waals surface area (Å²) in [6.07, 6.45) is 2.97. The number of nitrogens with zero attached hydrogens (tertiary/aromatic N) is 1. The molecule has 0 fully saturated rings. The minimum atomic E-state index is -3.62. The van der Waals surface area contributed by atoms with Crippen LogP contribution in [0.1, 0.15) is 24.5 Å². The van der Waals surface area contributed by atoms with Crippen molar-refractivity contribution in [3.8, 4) is 0 Å². The highest BCUT2D eigenvalue weighted by molar-refractivity contribution is 7.89. The van der Waals surface area contributed by atoms with Crippen molar-refractivity contribution >= 4 is 16.0 Å². The lowest BCUT2D eigenvalue weighted by Gasteiger charge is -2.19. The molecule has 1 N–H and O–H groups in total. The van der Waals surface area contributed by atoms with Crippen LogP contribution in [0.15, 0.2) is 23.1 Å². The van der Waals surface area contributed by atoms with Gasteiger partial charge >= 0.3 is 5.97 Å². The van der Waals surface area contributed by atoms with Gasteiger partial charge in [0.15, 0.2) is 0 Å². The second-order valence-electron chi connectivity index (χ2n) is 5.31. The van der Waals surface area contributed by atoms with Crippen molar-refractivity contribution in [1.29, 1.82) is 0 Å². The maximum absolute atomic E-state index is 12.4. The van der Waals surface area contributed by atoms with Gasteiger partial charge in [-0.25, -0.2) is 12.7 Å². The lowest BCUT2D eigenvalue weighted by Crippen LogP contribution is -2.33. The third-order valence-corrected chi connectivity index (χ3v) is 5.55. The molecule has 0 saturated heterocycles. The zero-order valence-corrected chi connectivity index (χ0v) is 12.5. The summed E-state index contributed by atoms with van der Waals surface area (Å²) in [6.45, 7) is 1.46. The summed E-state index contributed by atoms with van der Waals surface area (Å²) in [5.41, 5.74) is 2.30. The van der Waals surface area contributed by atoms with Crippen LogP contribution >= 0.6 is 0 Å². The van der Waals surface area contributed by atoms with Crippen molar-refractivity contribution in [3.63, 3.8) is 0 Å². The van der Waals surface area contributed by atoms with Crippen LogP contribution in [0.4, 0.5) is 0 Å². The first-order chi connectivity index (χ1) is 9.32. The standard InChI is InChI=1S/C14H19NO4S/c1-10(14(16)17)9-15(2)20(18,19)13-7-6-11-4-3-5-12(11)8-13/h6-8,10H,3-5,9H2,1-2H3,(H,16,17). The average molecular weight is 297 g/mol. The fourth-order valence-electron chi connectivity index (χ4n) is 2.45. The summed E-state index contributed by atoms with van der Waals surface area (Å²) in [4.78, 5) is 11.1. The molecule has 2 rings (SSSR count). The molecule has 0 aromatic heterocycles. The molecule has 1 aliphatic carbocycles. The van der Waals surface area contributed by atoms with Crippen LogP contribution in [0, 0.1) is 5.92 Å². The lowest BCUT2D eigenvalue weighted by atomic mass is 10.1. The SMILES string of the molecule is CC(CN(C)S(=O)(=O)c1ccc2c(c1)CCC2)C(=O)O. The summed E-state index contributed by atoms with van der Waals surface area (Å²) in [7, 11) is -2.20. The molecule has 0 heterocycles. The van der Waals surface area contributed by atoms with Gasteiger partial charge in [-0.1, -0.05) is 13.0 Å². The Morgan fingerprint density at radius 2 is 2.00 bits per heavy atom. The zero-order chi connectivity index (χ0) is 14.9. The molecule has 0 spiro atoms. The summed E-state index contributed by atoms with van der Waals surface area (Å²) in [6, 6.07) is 5.20. The Morgan fingerprint density at radius 1 is 1.35 bits per heavy atom. The van der Waals surface area contributed by atoms with Gasteiger partial charge < -0.3 is 5.11 Å². The Kier molecular flexibility index (Phi) is 4.15. The van der Waals surface area contributed by atoms with Gasteiger partial charge in [0.1, 0.15) is 0 Å². The molecule has 110 valence electrons. The first-order valence-corrected chi connectivity index (χ1v) is 8.07. The molecule has 5 nitrogen and oxygen atoms in total. The molecule has 1 atom stereocenters.